The van der Waals surface area contributed by atoms with Gasteiger partial charge in [-0.1, -0.05) is 25.3 Å². The molecule has 19 heavy (non-hydrogen) atoms. The van der Waals surface area contributed by atoms with E-state index < -0.39 is 4.92 Å². The zero-order valence-corrected chi connectivity index (χ0v) is 11.3. The fourth-order valence-corrected chi connectivity index (χ4v) is 2.88. The molecule has 1 aliphatic carbocycles. The van der Waals surface area contributed by atoms with E-state index in [1.807, 2.05) is 0 Å². The van der Waals surface area contributed by atoms with E-state index in [2.05, 4.69) is 12.2 Å². The fraction of sp³-hybridized carbons (Fsp3) is 0.571. The predicted octanol–water partition coefficient (Wildman–Crippen LogP) is 3.56. The molecule has 0 spiro atoms. The molecule has 1 unspecified atom stereocenters. The van der Waals surface area contributed by atoms with Gasteiger partial charge in [-0.15, -0.1) is 0 Å². The summed E-state index contributed by atoms with van der Waals surface area (Å²) in [6.07, 6.45) is 6.22. The summed E-state index contributed by atoms with van der Waals surface area (Å²) >= 11 is 0. The molecule has 1 saturated carbocycles. The summed E-state index contributed by atoms with van der Waals surface area (Å²) in [7, 11) is 0. The van der Waals surface area contributed by atoms with Crippen LogP contribution < -0.4 is 11.1 Å². The maximum atomic E-state index is 11.1. The van der Waals surface area contributed by atoms with Crippen LogP contribution in [0.2, 0.25) is 0 Å². The van der Waals surface area contributed by atoms with Crippen LogP contribution in [-0.2, 0) is 0 Å². The molecule has 1 aromatic carbocycles. The lowest BCUT2D eigenvalue weighted by atomic mass is 9.84. The maximum absolute atomic E-state index is 11.1. The summed E-state index contributed by atoms with van der Waals surface area (Å²) in [6.45, 7) is 2.10. The summed E-state index contributed by atoms with van der Waals surface area (Å²) in [4.78, 5) is 10.7. The van der Waals surface area contributed by atoms with Gasteiger partial charge in [0.1, 0.15) is 11.4 Å². The molecule has 1 aromatic rings. The first-order valence-corrected chi connectivity index (χ1v) is 6.89. The molecule has 104 valence electrons. The van der Waals surface area contributed by atoms with Gasteiger partial charge in [0.25, 0.3) is 0 Å². The topological polar surface area (TPSA) is 81.2 Å². The van der Waals surface area contributed by atoms with Crippen molar-refractivity contribution in [3.8, 4) is 0 Å². The molecular weight excluding hydrogens is 242 g/mol. The van der Waals surface area contributed by atoms with Crippen LogP contribution in [0.15, 0.2) is 18.2 Å². The molecule has 0 aromatic heterocycles. The molecule has 2 rings (SSSR count). The molecule has 5 heteroatoms. The first-order valence-electron chi connectivity index (χ1n) is 6.89. The van der Waals surface area contributed by atoms with Crippen molar-refractivity contribution in [1.82, 2.24) is 0 Å². The number of nitrogens with zero attached hydrogens (tertiary/aromatic N) is 1. The molecular formula is C14H21N3O2. The molecule has 1 atom stereocenters. The highest BCUT2D eigenvalue weighted by molar-refractivity contribution is 5.74. The Labute approximate surface area is 113 Å². The number of rotatable bonds is 4. The van der Waals surface area contributed by atoms with Crippen LogP contribution in [0.5, 0.6) is 0 Å². The predicted molar refractivity (Wildman–Crippen MR) is 77.2 cm³/mol. The number of nitrogens with one attached hydrogen (secondary N) is 1. The van der Waals surface area contributed by atoms with E-state index >= 15 is 0 Å². The first kappa shape index (κ1) is 13.6. The van der Waals surface area contributed by atoms with Gasteiger partial charge in [-0.05, 0) is 37.8 Å². The number of benzene rings is 1. The number of nitrogen functional groups attached to an aromatic ring is 1. The average Bonchev–Trinajstić information content (AvgIpc) is 2.39. The van der Waals surface area contributed by atoms with Crippen LogP contribution in [0.25, 0.3) is 0 Å². The van der Waals surface area contributed by atoms with E-state index in [1.165, 1.54) is 32.1 Å². The number of nitrogens with two attached hydrogens (primary N) is 1. The van der Waals surface area contributed by atoms with Crippen LogP contribution in [-0.4, -0.2) is 11.0 Å². The van der Waals surface area contributed by atoms with Crippen LogP contribution in [0.1, 0.15) is 39.0 Å². The van der Waals surface area contributed by atoms with Gasteiger partial charge in [0, 0.05) is 6.04 Å². The Morgan fingerprint density at radius 3 is 2.68 bits per heavy atom. The van der Waals surface area contributed by atoms with Crippen molar-refractivity contribution in [1.29, 1.82) is 0 Å². The van der Waals surface area contributed by atoms with Gasteiger partial charge in [-0.2, -0.15) is 0 Å². The van der Waals surface area contributed by atoms with Gasteiger partial charge in [0.15, 0.2) is 0 Å². The Kier molecular flexibility index (Phi) is 4.24. The Bertz CT molecular complexity index is 456. The van der Waals surface area contributed by atoms with Crippen LogP contribution >= 0.6 is 0 Å². The summed E-state index contributed by atoms with van der Waals surface area (Å²) in [6, 6.07) is 5.28. The molecule has 0 bridgehead atoms. The summed E-state index contributed by atoms with van der Waals surface area (Å²) in [5.74, 6) is 0.592. The number of anilines is 2. The molecule has 0 heterocycles. The molecule has 0 amide bonds. The summed E-state index contributed by atoms with van der Waals surface area (Å²) in [5.41, 5.74) is 6.43. The van der Waals surface area contributed by atoms with Crippen molar-refractivity contribution >= 4 is 17.1 Å². The minimum atomic E-state index is -0.411. The largest absolute Gasteiger partial charge is 0.393 e. The third-order valence-electron chi connectivity index (χ3n) is 3.99. The number of nitro groups is 1. The second kappa shape index (κ2) is 5.91. The highest BCUT2D eigenvalue weighted by atomic mass is 16.6. The van der Waals surface area contributed by atoms with Crippen molar-refractivity contribution in [2.45, 2.75) is 45.1 Å². The average molecular weight is 263 g/mol. The Hall–Kier alpha value is -1.78. The van der Waals surface area contributed by atoms with Gasteiger partial charge >= 0.3 is 5.69 Å². The van der Waals surface area contributed by atoms with Gasteiger partial charge in [-0.25, -0.2) is 0 Å². The standard InChI is InChI=1S/C14H21N3O2/c1-10(11-6-3-2-4-7-11)16-13-9-5-8-12(15)14(13)17(18)19/h5,8-11,16H,2-4,6-7,15H2,1H3. The minimum Gasteiger partial charge on any atom is -0.393 e. The highest BCUT2D eigenvalue weighted by Crippen LogP contribution is 2.33. The van der Waals surface area contributed by atoms with Crippen LogP contribution in [0, 0.1) is 16.0 Å². The smallest absolute Gasteiger partial charge is 0.314 e. The molecule has 1 aliphatic rings. The van der Waals surface area contributed by atoms with E-state index in [4.69, 9.17) is 5.73 Å². The molecule has 0 radical (unpaired) electrons. The number of hydrogen-bond donors (Lipinski definition) is 2. The fourth-order valence-electron chi connectivity index (χ4n) is 2.88. The Balaban J connectivity index is 2.14. The van der Waals surface area contributed by atoms with E-state index in [9.17, 15) is 10.1 Å². The van der Waals surface area contributed by atoms with Crippen LogP contribution in [0.3, 0.4) is 0 Å². The SMILES string of the molecule is CC(Nc1cccc(N)c1[N+](=O)[O-])C1CCCCC1. The molecule has 0 aliphatic heterocycles. The van der Waals surface area contributed by atoms with Crippen molar-refractivity contribution in [3.05, 3.63) is 28.3 Å². The third-order valence-corrected chi connectivity index (χ3v) is 3.99. The van der Waals surface area contributed by atoms with E-state index in [0.29, 0.717) is 11.6 Å². The zero-order chi connectivity index (χ0) is 13.8. The molecule has 1 fully saturated rings. The second-order valence-electron chi connectivity index (χ2n) is 5.33. The van der Waals surface area contributed by atoms with Crippen molar-refractivity contribution in [3.63, 3.8) is 0 Å². The lowest BCUT2D eigenvalue weighted by Crippen LogP contribution is -2.28. The van der Waals surface area contributed by atoms with E-state index in [1.54, 1.807) is 18.2 Å². The van der Waals surface area contributed by atoms with E-state index in [-0.39, 0.29) is 17.4 Å². The lowest BCUT2D eigenvalue weighted by Gasteiger charge is -2.28. The normalized spacial score (nSPS) is 17.9. The van der Waals surface area contributed by atoms with Gasteiger partial charge in [0.2, 0.25) is 0 Å². The van der Waals surface area contributed by atoms with E-state index in [0.717, 1.165) is 0 Å². The van der Waals surface area contributed by atoms with Crippen LogP contribution in [0.4, 0.5) is 17.1 Å². The Morgan fingerprint density at radius 1 is 1.37 bits per heavy atom. The lowest BCUT2D eigenvalue weighted by molar-refractivity contribution is -0.383. The summed E-state index contributed by atoms with van der Waals surface area (Å²) < 4.78 is 0. The molecule has 5 nitrogen and oxygen atoms in total. The van der Waals surface area contributed by atoms with Gasteiger partial charge < -0.3 is 11.1 Å². The minimum absolute atomic E-state index is 0.00911. The van der Waals surface area contributed by atoms with Crippen molar-refractivity contribution < 1.29 is 4.92 Å². The Morgan fingerprint density at radius 2 is 2.05 bits per heavy atom. The van der Waals surface area contributed by atoms with Crippen molar-refractivity contribution in [2.24, 2.45) is 5.92 Å². The third kappa shape index (κ3) is 3.16. The quantitative estimate of drug-likeness (QED) is 0.494. The number of hydrogen-bond acceptors (Lipinski definition) is 4. The second-order valence-corrected chi connectivity index (χ2v) is 5.33. The number of para-hydroxylation sites is 1. The van der Waals surface area contributed by atoms with Gasteiger partial charge in [-0.3, -0.25) is 10.1 Å². The highest BCUT2D eigenvalue weighted by Gasteiger charge is 2.23. The molecule has 0 saturated heterocycles. The first-order chi connectivity index (χ1) is 9.09. The zero-order valence-electron chi connectivity index (χ0n) is 11.3. The number of nitro benzene ring substituents is 1. The van der Waals surface area contributed by atoms with Gasteiger partial charge in [0.05, 0.1) is 4.92 Å². The maximum Gasteiger partial charge on any atom is 0.314 e. The summed E-state index contributed by atoms with van der Waals surface area (Å²) in [5, 5.41) is 14.4. The monoisotopic (exact) mass is 263 g/mol. The van der Waals surface area contributed by atoms with Crippen molar-refractivity contribution in [2.75, 3.05) is 11.1 Å². The molecule has 3 N–H and O–H groups in total.